The molecule has 0 aromatic heterocycles. The molecule has 0 saturated heterocycles. The van der Waals surface area contributed by atoms with Gasteiger partial charge in [-0.2, -0.15) is 0 Å². The van der Waals surface area contributed by atoms with E-state index in [-0.39, 0.29) is 0 Å². The van der Waals surface area contributed by atoms with Crippen LogP contribution in [0.2, 0.25) is 10.0 Å². The lowest BCUT2D eigenvalue weighted by atomic mass is 9.82. The van der Waals surface area contributed by atoms with Crippen LogP contribution in [0.25, 0.3) is 33.4 Å². The topological polar surface area (TPSA) is 17.1 Å². The number of rotatable bonds is 4. The van der Waals surface area contributed by atoms with Crippen molar-refractivity contribution in [1.29, 1.82) is 0 Å². The summed E-state index contributed by atoms with van der Waals surface area (Å²) in [5.74, 6) is 0. The van der Waals surface area contributed by atoms with Gasteiger partial charge in [-0.3, -0.25) is 0 Å². The maximum absolute atomic E-state index is 12.5. The van der Waals surface area contributed by atoms with Crippen LogP contribution in [0.15, 0.2) is 66.7 Å². The van der Waals surface area contributed by atoms with Crippen LogP contribution in [0, 0.1) is 27.7 Å². The lowest BCUT2D eigenvalue weighted by Crippen LogP contribution is -2.10. The Hall–Kier alpha value is -2.44. The van der Waals surface area contributed by atoms with Crippen LogP contribution in [0.5, 0.6) is 0 Å². The average molecular weight is 478 g/mol. The van der Waals surface area contributed by atoms with E-state index in [0.29, 0.717) is 5.02 Å². The van der Waals surface area contributed by atoms with Crippen molar-refractivity contribution in [3.63, 3.8) is 0 Å². The maximum Gasteiger partial charge on any atom is 0.364 e. The SMILES string of the molecule is Cc1cc(-c2ccccc2)c(-c2c(C)c(Cl)c(C)c([PH+]=O)c2-c2ccccc2)c(C)c1Cl. The number of hydrogen-bond acceptors (Lipinski definition) is 1. The van der Waals surface area contributed by atoms with Gasteiger partial charge in [-0.25, -0.2) is 0 Å². The summed E-state index contributed by atoms with van der Waals surface area (Å²) in [5, 5.41) is 2.14. The monoisotopic (exact) mass is 477 g/mol. The summed E-state index contributed by atoms with van der Waals surface area (Å²) in [6.07, 6.45) is 0. The lowest BCUT2D eigenvalue weighted by Gasteiger charge is -2.23. The Morgan fingerprint density at radius 2 is 1.16 bits per heavy atom. The Labute approximate surface area is 201 Å². The number of benzene rings is 4. The van der Waals surface area contributed by atoms with E-state index in [9.17, 15) is 4.57 Å². The Kier molecular flexibility index (Phi) is 6.54. The fourth-order valence-electron chi connectivity index (χ4n) is 4.46. The summed E-state index contributed by atoms with van der Waals surface area (Å²) in [5.41, 5.74) is 10.0. The summed E-state index contributed by atoms with van der Waals surface area (Å²) in [6, 6.07) is 22.6. The van der Waals surface area contributed by atoms with Crippen molar-refractivity contribution >= 4 is 37.0 Å². The Balaban J connectivity index is 2.25. The minimum absolute atomic E-state index is 0.625. The first-order valence-electron chi connectivity index (χ1n) is 10.5. The molecule has 4 aromatic rings. The first kappa shape index (κ1) is 22.7. The van der Waals surface area contributed by atoms with Crippen LogP contribution in [0.1, 0.15) is 22.3 Å². The normalized spacial score (nSPS) is 11.2. The number of hydrogen-bond donors (Lipinski definition) is 0. The molecule has 4 rings (SSSR count). The van der Waals surface area contributed by atoms with E-state index in [1.807, 2.05) is 57.2 Å². The van der Waals surface area contributed by atoms with Crippen molar-refractivity contribution in [3.05, 3.63) is 99.0 Å². The van der Waals surface area contributed by atoms with E-state index in [1.165, 1.54) is 0 Å². The van der Waals surface area contributed by atoms with E-state index < -0.39 is 8.46 Å². The second-order valence-corrected chi connectivity index (χ2v) is 9.54. The Morgan fingerprint density at radius 3 is 1.72 bits per heavy atom. The second-order valence-electron chi connectivity index (χ2n) is 8.08. The minimum atomic E-state index is -0.625. The van der Waals surface area contributed by atoms with Gasteiger partial charge in [-0.05, 0) is 78.3 Å². The summed E-state index contributed by atoms with van der Waals surface area (Å²) in [7, 11) is -0.625. The van der Waals surface area contributed by atoms with E-state index in [0.717, 1.165) is 66.0 Å². The quantitative estimate of drug-likeness (QED) is 0.268. The summed E-state index contributed by atoms with van der Waals surface area (Å²) in [4.78, 5) is 0. The summed E-state index contributed by atoms with van der Waals surface area (Å²) < 4.78 is 12.5. The fourth-order valence-corrected chi connectivity index (χ4v) is 5.53. The zero-order chi connectivity index (χ0) is 23.0. The molecule has 0 aliphatic heterocycles. The molecule has 0 spiro atoms. The van der Waals surface area contributed by atoms with Crippen LogP contribution in [0.3, 0.4) is 0 Å². The first-order valence-corrected chi connectivity index (χ1v) is 12.1. The van der Waals surface area contributed by atoms with Crippen molar-refractivity contribution < 1.29 is 4.57 Å². The highest BCUT2D eigenvalue weighted by Crippen LogP contribution is 2.47. The van der Waals surface area contributed by atoms with Crippen LogP contribution in [-0.4, -0.2) is 0 Å². The fraction of sp³-hybridized carbons (Fsp3) is 0.143. The van der Waals surface area contributed by atoms with Gasteiger partial charge < -0.3 is 0 Å². The third kappa shape index (κ3) is 3.80. The second kappa shape index (κ2) is 9.20. The molecule has 1 atom stereocenters. The van der Waals surface area contributed by atoms with Crippen molar-refractivity contribution in [2.45, 2.75) is 27.7 Å². The Morgan fingerprint density at radius 1 is 0.625 bits per heavy atom. The predicted molar refractivity (Wildman–Crippen MR) is 140 cm³/mol. The highest BCUT2D eigenvalue weighted by atomic mass is 35.5. The van der Waals surface area contributed by atoms with Crippen molar-refractivity contribution in [3.8, 4) is 33.4 Å². The molecule has 4 heteroatoms. The Bertz CT molecular complexity index is 1330. The van der Waals surface area contributed by atoms with Crippen molar-refractivity contribution in [2.24, 2.45) is 0 Å². The zero-order valence-electron chi connectivity index (χ0n) is 18.5. The van der Waals surface area contributed by atoms with Crippen molar-refractivity contribution in [1.82, 2.24) is 0 Å². The van der Waals surface area contributed by atoms with E-state index in [2.05, 4.69) is 37.3 Å². The van der Waals surface area contributed by atoms with Gasteiger partial charge in [0.05, 0.1) is 5.02 Å². The zero-order valence-corrected chi connectivity index (χ0v) is 21.0. The van der Waals surface area contributed by atoms with E-state index >= 15 is 0 Å². The van der Waals surface area contributed by atoms with E-state index in [4.69, 9.17) is 23.2 Å². The smallest absolute Gasteiger partial charge is 0.0837 e. The highest BCUT2D eigenvalue weighted by molar-refractivity contribution is 7.34. The van der Waals surface area contributed by atoms with Gasteiger partial charge in [0.15, 0.2) is 0 Å². The van der Waals surface area contributed by atoms with Gasteiger partial charge in [-0.15, -0.1) is 0 Å². The van der Waals surface area contributed by atoms with Gasteiger partial charge >= 0.3 is 8.46 Å². The molecule has 0 fully saturated rings. The van der Waals surface area contributed by atoms with Crippen LogP contribution >= 0.6 is 31.7 Å². The lowest BCUT2D eigenvalue weighted by molar-refractivity contribution is 0.603. The van der Waals surface area contributed by atoms with Crippen LogP contribution in [-0.2, 0) is 4.57 Å². The molecule has 0 amide bonds. The summed E-state index contributed by atoms with van der Waals surface area (Å²) in [6.45, 7) is 8.07. The molecule has 160 valence electrons. The molecular formula is C28H24Cl2OP+. The molecule has 0 saturated carbocycles. The average Bonchev–Trinajstić information content (AvgIpc) is 2.82. The molecule has 4 aromatic carbocycles. The van der Waals surface area contributed by atoms with Gasteiger partial charge in [0.1, 0.15) is 0 Å². The third-order valence-corrected chi connectivity index (χ3v) is 8.07. The first-order chi connectivity index (χ1) is 15.4. The molecular weight excluding hydrogens is 454 g/mol. The third-order valence-electron chi connectivity index (χ3n) is 6.09. The predicted octanol–water partition coefficient (Wildman–Crippen LogP) is 8.88. The van der Waals surface area contributed by atoms with Crippen LogP contribution < -0.4 is 5.30 Å². The molecule has 0 heterocycles. The number of halogens is 2. The molecule has 1 unspecified atom stereocenters. The maximum atomic E-state index is 12.5. The van der Waals surface area contributed by atoms with Crippen molar-refractivity contribution in [2.75, 3.05) is 0 Å². The molecule has 1 nitrogen and oxygen atoms in total. The molecule has 0 bridgehead atoms. The van der Waals surface area contributed by atoms with Gasteiger partial charge in [0.2, 0.25) is 5.30 Å². The largest absolute Gasteiger partial charge is 0.364 e. The van der Waals surface area contributed by atoms with Gasteiger partial charge in [-0.1, -0.05) is 88.4 Å². The molecule has 0 aliphatic carbocycles. The highest BCUT2D eigenvalue weighted by Gasteiger charge is 2.28. The van der Waals surface area contributed by atoms with E-state index in [1.54, 1.807) is 0 Å². The minimum Gasteiger partial charge on any atom is -0.0837 e. The standard InChI is InChI=1S/C28H23Cl2OP/c1-16-15-22(20-11-7-5-8-12-20)23(17(2)26(16)29)24-18(3)27(30)19(4)28(32-31)25(24)21-13-9-6-10-14-21/h5-15H,1-4H3/p+1. The summed E-state index contributed by atoms with van der Waals surface area (Å²) >= 11 is 13.6. The molecule has 0 aliphatic rings. The van der Waals surface area contributed by atoms with Crippen LogP contribution in [0.4, 0.5) is 0 Å². The molecule has 0 N–H and O–H groups in total. The van der Waals surface area contributed by atoms with Gasteiger partial charge in [0, 0.05) is 16.1 Å². The molecule has 32 heavy (non-hydrogen) atoms. The van der Waals surface area contributed by atoms with Gasteiger partial charge in [0.25, 0.3) is 0 Å². The molecule has 0 radical (unpaired) electrons. The number of aryl methyl sites for hydroxylation is 1.